The fourth-order valence-corrected chi connectivity index (χ4v) is 5.40. The van der Waals surface area contributed by atoms with Crippen molar-refractivity contribution in [2.45, 2.75) is 63.2 Å². The fourth-order valence-electron chi connectivity index (χ4n) is 4.39. The van der Waals surface area contributed by atoms with Crippen LogP contribution < -0.4 is 4.74 Å². The molecule has 0 radical (unpaired) electrons. The molecule has 0 N–H and O–H groups in total. The summed E-state index contributed by atoms with van der Waals surface area (Å²) in [6, 6.07) is 8.84. The highest BCUT2D eigenvalue weighted by molar-refractivity contribution is 14.1. The number of methoxy groups -OCH3 is 1. The van der Waals surface area contributed by atoms with Crippen LogP contribution in [0, 0.1) is 11.6 Å². The van der Waals surface area contributed by atoms with E-state index < -0.39 is 45.5 Å². The van der Waals surface area contributed by atoms with Gasteiger partial charge in [-0.05, 0) is 76.9 Å². The van der Waals surface area contributed by atoms with E-state index in [-0.39, 0.29) is 36.5 Å². The Hall–Kier alpha value is -3.69. The van der Waals surface area contributed by atoms with E-state index in [1.807, 2.05) is 22.6 Å². The maximum atomic E-state index is 15.6. The summed E-state index contributed by atoms with van der Waals surface area (Å²) >= 11 is 1.96. The summed E-state index contributed by atoms with van der Waals surface area (Å²) < 4.78 is 46.8. The van der Waals surface area contributed by atoms with Crippen LogP contribution in [-0.2, 0) is 16.0 Å². The third-order valence-corrected chi connectivity index (χ3v) is 7.63. The van der Waals surface area contributed by atoms with Gasteiger partial charge in [-0.3, -0.25) is 0 Å². The van der Waals surface area contributed by atoms with Gasteiger partial charge in [0, 0.05) is 19.7 Å². The molecule has 246 valence electrons. The molecule has 1 aliphatic rings. The first-order valence-corrected chi connectivity index (χ1v) is 15.3. The average molecular weight is 744 g/mol. The van der Waals surface area contributed by atoms with Crippen molar-refractivity contribution in [1.29, 1.82) is 0 Å². The van der Waals surface area contributed by atoms with Crippen LogP contribution in [0.2, 0.25) is 0 Å². The Labute approximate surface area is 276 Å². The molecule has 1 unspecified atom stereocenters. The molecule has 1 fully saturated rings. The molecule has 14 heteroatoms. The molecule has 2 aromatic carbocycles. The highest BCUT2D eigenvalue weighted by Crippen LogP contribution is 2.36. The fraction of sp³-hybridized carbons (Fsp3) is 0.484. The second-order valence-corrected chi connectivity index (χ2v) is 13.8. The van der Waals surface area contributed by atoms with E-state index in [1.54, 1.807) is 79.9 Å². The normalized spacial score (nSPS) is 15.2. The van der Waals surface area contributed by atoms with Crippen molar-refractivity contribution in [1.82, 2.24) is 19.6 Å². The number of hydrogen-bond acceptors (Lipinski definition) is 6. The summed E-state index contributed by atoms with van der Waals surface area (Å²) in [5, 5.41) is 0. The molecule has 0 aliphatic carbocycles. The van der Waals surface area contributed by atoms with Gasteiger partial charge in [0.1, 0.15) is 28.6 Å². The zero-order valence-corrected chi connectivity index (χ0v) is 29.1. The summed E-state index contributed by atoms with van der Waals surface area (Å²) in [5.74, 6) is -1.25. The Balaban J connectivity index is 2.09. The molecule has 0 spiro atoms. The van der Waals surface area contributed by atoms with Crippen molar-refractivity contribution >= 4 is 46.8 Å². The van der Waals surface area contributed by atoms with E-state index in [9.17, 15) is 14.4 Å². The van der Waals surface area contributed by atoms with E-state index in [0.29, 0.717) is 11.3 Å². The topological polar surface area (TPSA) is 104 Å². The van der Waals surface area contributed by atoms with Crippen LogP contribution in [0.4, 0.5) is 23.2 Å². The van der Waals surface area contributed by atoms with Crippen molar-refractivity contribution in [3.63, 3.8) is 0 Å². The lowest BCUT2D eigenvalue weighted by Gasteiger charge is -2.42. The Kier molecular flexibility index (Phi) is 11.3. The van der Waals surface area contributed by atoms with Crippen LogP contribution >= 0.6 is 22.6 Å². The van der Waals surface area contributed by atoms with E-state index in [4.69, 9.17) is 14.2 Å². The number of carbonyl (C=O) groups excluding carboxylic acids is 3. The maximum Gasteiger partial charge on any atom is 0.437 e. The lowest BCUT2D eigenvalue weighted by atomic mass is 10.0. The molecular formula is C31H40F2IN5O6. The molecular weight excluding hydrogens is 703 g/mol. The third kappa shape index (κ3) is 9.65. The Bertz CT molecular complexity index is 1400. The molecule has 0 saturated carbocycles. The highest BCUT2D eigenvalue weighted by Gasteiger charge is 2.36. The van der Waals surface area contributed by atoms with Crippen LogP contribution in [-0.4, -0.2) is 89.5 Å². The van der Waals surface area contributed by atoms with Gasteiger partial charge in [-0.15, -0.1) is 4.99 Å². The number of halogens is 3. The zero-order chi connectivity index (χ0) is 33.9. The number of urea groups is 1. The molecule has 0 aromatic heterocycles. The summed E-state index contributed by atoms with van der Waals surface area (Å²) in [6.45, 7) is 9.42. The number of hydrogen-bond donors (Lipinski definition) is 0. The first-order chi connectivity index (χ1) is 20.8. The van der Waals surface area contributed by atoms with Crippen molar-refractivity contribution in [2.24, 2.45) is 4.99 Å². The van der Waals surface area contributed by atoms with Gasteiger partial charge in [0.15, 0.2) is 0 Å². The minimum Gasteiger partial charge on any atom is -0.497 e. The zero-order valence-electron chi connectivity index (χ0n) is 27.0. The third-order valence-electron chi connectivity index (χ3n) is 6.28. The first kappa shape index (κ1) is 35.8. The number of ether oxygens (including phenoxy) is 3. The number of rotatable bonds is 5. The molecule has 11 nitrogen and oxygen atoms in total. The van der Waals surface area contributed by atoms with Crippen LogP contribution in [0.15, 0.2) is 41.4 Å². The van der Waals surface area contributed by atoms with E-state index in [0.717, 1.165) is 17.0 Å². The number of carbonyl (C=O) groups is 3. The van der Waals surface area contributed by atoms with Gasteiger partial charge >= 0.3 is 18.2 Å². The minimum absolute atomic E-state index is 0.0514. The van der Waals surface area contributed by atoms with Crippen LogP contribution in [0.5, 0.6) is 5.75 Å². The van der Waals surface area contributed by atoms with Crippen molar-refractivity contribution < 1.29 is 37.4 Å². The molecule has 3 rings (SSSR count). The highest BCUT2D eigenvalue weighted by atomic mass is 127. The Morgan fingerprint density at radius 2 is 1.47 bits per heavy atom. The van der Waals surface area contributed by atoms with Crippen molar-refractivity contribution in [3.8, 4) is 5.75 Å². The largest absolute Gasteiger partial charge is 0.497 e. The van der Waals surface area contributed by atoms with Gasteiger partial charge in [0.05, 0.1) is 30.9 Å². The second-order valence-electron chi connectivity index (χ2n) is 12.6. The summed E-state index contributed by atoms with van der Waals surface area (Å²) in [5.41, 5.74) is -1.30. The second kappa shape index (κ2) is 14.2. The monoisotopic (exact) mass is 743 g/mol. The number of alkyl halides is 1. The molecule has 1 aliphatic heterocycles. The summed E-state index contributed by atoms with van der Waals surface area (Å²) in [4.78, 5) is 48.4. The van der Waals surface area contributed by atoms with Gasteiger partial charge in [0.25, 0.3) is 0 Å². The number of nitrogens with zero attached hydrogens (tertiary/aromatic N) is 5. The van der Waals surface area contributed by atoms with Gasteiger partial charge in [0.2, 0.25) is 5.96 Å². The average Bonchev–Trinajstić information content (AvgIpc) is 2.91. The molecule has 2 aromatic rings. The molecule has 1 atom stereocenters. The minimum atomic E-state index is -1.01. The SMILES string of the molecule is COc1ccc(C(I)c2c(F)cc(CN(C(=O)OC(C)(C)C)C(=NC(=O)OC(C)(C)C)N3CN(C)C(=O)N(C)C3)cc2F)cc1. The lowest BCUT2D eigenvalue weighted by Crippen LogP contribution is -2.60. The molecule has 1 saturated heterocycles. The smallest absolute Gasteiger partial charge is 0.437 e. The molecule has 0 bridgehead atoms. The van der Waals surface area contributed by atoms with E-state index >= 15 is 8.78 Å². The molecule has 1 heterocycles. The van der Waals surface area contributed by atoms with Crippen LogP contribution in [0.25, 0.3) is 0 Å². The predicted molar refractivity (Wildman–Crippen MR) is 173 cm³/mol. The Morgan fingerprint density at radius 3 is 1.93 bits per heavy atom. The van der Waals surface area contributed by atoms with Crippen molar-refractivity contribution in [2.75, 3.05) is 34.5 Å². The van der Waals surface area contributed by atoms with Gasteiger partial charge < -0.3 is 28.9 Å². The van der Waals surface area contributed by atoms with Crippen LogP contribution in [0.1, 0.15) is 62.2 Å². The standard InChI is InChI=1S/C31H40F2IN5O6/c1-30(2,3)44-27(40)35-26(38-17-36(7)28(41)37(8)18-38)39(29(42)45-31(4,5)6)16-19-14-22(32)24(23(33)15-19)25(34)20-10-12-21(43-9)13-11-20/h10-15,25H,16-18H2,1-9H3. The first-order valence-electron chi connectivity index (χ1n) is 14.1. The van der Waals surface area contributed by atoms with Gasteiger partial charge in [-0.25, -0.2) is 28.1 Å². The predicted octanol–water partition coefficient (Wildman–Crippen LogP) is 6.74. The molecule has 45 heavy (non-hydrogen) atoms. The van der Waals surface area contributed by atoms with Gasteiger partial charge in [-0.2, -0.15) is 0 Å². The van der Waals surface area contributed by atoms with E-state index in [2.05, 4.69) is 4.99 Å². The molecule has 4 amide bonds. The summed E-state index contributed by atoms with van der Waals surface area (Å²) in [6.07, 6.45) is -1.94. The number of guanidine groups is 1. The Morgan fingerprint density at radius 1 is 0.956 bits per heavy atom. The van der Waals surface area contributed by atoms with Crippen LogP contribution in [0.3, 0.4) is 0 Å². The quantitative estimate of drug-likeness (QED) is 0.145. The number of benzene rings is 2. The maximum absolute atomic E-state index is 15.6. The lowest BCUT2D eigenvalue weighted by molar-refractivity contribution is 0.0300. The van der Waals surface area contributed by atoms with Gasteiger partial charge in [-0.1, -0.05) is 34.7 Å². The number of aliphatic imine (C=N–C) groups is 1. The number of amides is 4. The summed E-state index contributed by atoms with van der Waals surface area (Å²) in [7, 11) is 4.61. The van der Waals surface area contributed by atoms with Crippen molar-refractivity contribution in [3.05, 3.63) is 64.7 Å². The van der Waals surface area contributed by atoms with E-state index in [1.165, 1.54) is 21.8 Å².